The minimum Gasteiger partial charge on any atom is -1.00 e. The summed E-state index contributed by atoms with van der Waals surface area (Å²) < 4.78 is 12.0. The molecular formula is C35H51ClO2S2. The number of hydrogen-bond acceptors (Lipinski definition) is 3. The van der Waals surface area contributed by atoms with Crippen molar-refractivity contribution < 1.29 is 21.9 Å². The molecule has 0 aliphatic rings. The monoisotopic (exact) mass is 602 g/mol. The van der Waals surface area contributed by atoms with Gasteiger partial charge in [-0.1, -0.05) is 104 Å². The van der Waals surface area contributed by atoms with Crippen LogP contribution in [0.15, 0.2) is 54.6 Å². The highest BCUT2D eigenvalue weighted by atomic mass is 35.5. The van der Waals surface area contributed by atoms with Crippen molar-refractivity contribution in [2.75, 3.05) is 13.2 Å². The summed E-state index contributed by atoms with van der Waals surface area (Å²) in [6.07, 6.45) is 21.2. The number of hydrogen-bond donors (Lipinski definition) is 0. The third kappa shape index (κ3) is 13.8. The van der Waals surface area contributed by atoms with Gasteiger partial charge in [-0.15, -0.1) is 0 Å². The smallest absolute Gasteiger partial charge is 0.301 e. The van der Waals surface area contributed by atoms with E-state index in [9.17, 15) is 0 Å². The molecule has 3 aromatic rings. The van der Waals surface area contributed by atoms with Crippen LogP contribution in [0.2, 0.25) is 0 Å². The lowest BCUT2D eigenvalue weighted by Gasteiger charge is -2.07. The van der Waals surface area contributed by atoms with Crippen molar-refractivity contribution in [2.45, 2.75) is 117 Å². The number of rotatable bonds is 22. The van der Waals surface area contributed by atoms with Crippen molar-refractivity contribution in [2.24, 2.45) is 0 Å². The minimum absolute atomic E-state index is 0. The third-order valence-electron chi connectivity index (χ3n) is 7.29. The molecule has 0 aliphatic heterocycles. The van der Waals surface area contributed by atoms with E-state index in [2.05, 4.69) is 68.4 Å². The second kappa shape index (κ2) is 22.0. The summed E-state index contributed by atoms with van der Waals surface area (Å²) in [6, 6.07) is 19.5. The van der Waals surface area contributed by atoms with Crippen LogP contribution >= 0.6 is 20.7 Å². The molecule has 2 aromatic carbocycles. The van der Waals surface area contributed by atoms with Gasteiger partial charge in [-0.25, -0.2) is 0 Å². The van der Waals surface area contributed by atoms with Crippen LogP contribution in [-0.4, -0.2) is 13.2 Å². The fraction of sp³-hybridized carbons (Fsp3) is 0.571. The lowest BCUT2D eigenvalue weighted by Crippen LogP contribution is -3.00. The molecule has 0 atom stereocenters. The summed E-state index contributed by atoms with van der Waals surface area (Å²) in [6.45, 7) is 6.18. The zero-order valence-corrected chi connectivity index (χ0v) is 27.3. The standard InChI is InChI=1S/C35H51O2S2.ClH/c1-3-5-7-9-11-13-15-17-27-36-32-23-19-30(20-24-32)34-29-35(39-38-34)31-21-25-33(26-22-31)37-28-18-16-14-12-10-8-6-4-2;/h19-26,29H,3-18,27-28H2,1-2H3;1H/q+1;/p-1. The van der Waals surface area contributed by atoms with E-state index in [1.807, 2.05) is 20.7 Å². The molecule has 0 radical (unpaired) electrons. The topological polar surface area (TPSA) is 18.5 Å². The number of ether oxygens (including phenoxy) is 2. The molecule has 0 saturated heterocycles. The Kier molecular flexibility index (Phi) is 19.1. The van der Waals surface area contributed by atoms with Gasteiger partial charge >= 0.3 is 10.3 Å². The second-order valence-corrected chi connectivity index (χ2v) is 12.9. The van der Waals surface area contributed by atoms with E-state index in [0.29, 0.717) is 0 Å². The van der Waals surface area contributed by atoms with E-state index in [0.717, 1.165) is 37.6 Å². The fourth-order valence-corrected chi connectivity index (χ4v) is 7.26. The van der Waals surface area contributed by atoms with Gasteiger partial charge in [0.25, 0.3) is 4.88 Å². The highest BCUT2D eigenvalue weighted by molar-refractivity contribution is 7.72. The van der Waals surface area contributed by atoms with E-state index < -0.39 is 0 Å². The van der Waals surface area contributed by atoms with E-state index >= 15 is 0 Å². The van der Waals surface area contributed by atoms with Gasteiger partial charge in [-0.2, -0.15) is 0 Å². The summed E-state index contributed by atoms with van der Waals surface area (Å²) in [5, 5.41) is 0. The third-order valence-corrected chi connectivity index (χ3v) is 9.77. The van der Waals surface area contributed by atoms with Gasteiger partial charge in [0.2, 0.25) is 0 Å². The highest BCUT2D eigenvalue weighted by Gasteiger charge is 2.17. The lowest BCUT2D eigenvalue weighted by molar-refractivity contribution is -0.00000892. The predicted molar refractivity (Wildman–Crippen MR) is 174 cm³/mol. The fourth-order valence-electron chi connectivity index (χ4n) is 4.80. The Hall–Kier alpha value is -1.62. The highest BCUT2D eigenvalue weighted by Crippen LogP contribution is 2.38. The maximum atomic E-state index is 5.99. The first-order valence-electron chi connectivity index (χ1n) is 15.7. The number of benzene rings is 2. The molecule has 3 rings (SSSR count). The van der Waals surface area contributed by atoms with Gasteiger partial charge in [-0.05, 0) is 66.9 Å². The van der Waals surface area contributed by atoms with Gasteiger partial charge in [0.1, 0.15) is 11.5 Å². The van der Waals surface area contributed by atoms with Crippen LogP contribution < -0.4 is 21.9 Å². The number of halogens is 1. The van der Waals surface area contributed by atoms with Crippen LogP contribution in [0.25, 0.3) is 20.9 Å². The largest absolute Gasteiger partial charge is 1.00 e. The van der Waals surface area contributed by atoms with E-state index in [1.165, 1.54) is 111 Å². The summed E-state index contributed by atoms with van der Waals surface area (Å²) in [5.41, 5.74) is 2.51. The molecule has 0 saturated carbocycles. The van der Waals surface area contributed by atoms with Crippen molar-refractivity contribution in [1.29, 1.82) is 0 Å². The SMILES string of the molecule is CCCCCCCCCCOc1ccc(-c2cc(-c3ccc(OCCCCCCCCCC)cc3)[s+]s2)cc1.[Cl-]. The van der Waals surface area contributed by atoms with Crippen molar-refractivity contribution in [1.82, 2.24) is 0 Å². The van der Waals surface area contributed by atoms with Crippen LogP contribution in [0, 0.1) is 0 Å². The van der Waals surface area contributed by atoms with Crippen LogP contribution in [0.4, 0.5) is 0 Å². The Bertz CT molecular complexity index is 921. The molecule has 0 spiro atoms. The van der Waals surface area contributed by atoms with Crippen LogP contribution in [-0.2, 0) is 0 Å². The lowest BCUT2D eigenvalue weighted by atomic mass is 10.1. The molecule has 0 fully saturated rings. The second-order valence-electron chi connectivity index (χ2n) is 10.7. The van der Waals surface area contributed by atoms with E-state index in [-0.39, 0.29) is 12.4 Å². The van der Waals surface area contributed by atoms with E-state index in [1.54, 1.807) is 0 Å². The molecular weight excluding hydrogens is 552 g/mol. The predicted octanol–water partition coefficient (Wildman–Crippen LogP) is 9.47. The molecule has 0 amide bonds. The number of unbranched alkanes of at least 4 members (excludes halogenated alkanes) is 14. The van der Waals surface area contributed by atoms with Crippen molar-refractivity contribution in [3.8, 4) is 32.4 Å². The molecule has 0 aliphatic carbocycles. The normalized spacial score (nSPS) is 10.8. The molecule has 5 heteroatoms. The summed E-state index contributed by atoms with van der Waals surface area (Å²) >= 11 is 0. The molecule has 222 valence electrons. The molecule has 1 heterocycles. The summed E-state index contributed by atoms with van der Waals surface area (Å²) in [5.74, 6) is 1.95. The summed E-state index contributed by atoms with van der Waals surface area (Å²) in [4.78, 5) is 2.61. The van der Waals surface area contributed by atoms with Crippen LogP contribution in [0.5, 0.6) is 11.5 Å². The average molecular weight is 603 g/mol. The van der Waals surface area contributed by atoms with Crippen molar-refractivity contribution >= 4 is 20.7 Å². The first-order chi connectivity index (χ1) is 19.3. The molecule has 1 aromatic heterocycles. The zero-order valence-electron chi connectivity index (χ0n) is 24.9. The summed E-state index contributed by atoms with van der Waals surface area (Å²) in [7, 11) is 3.68. The Morgan fingerprint density at radius 1 is 0.525 bits per heavy atom. The molecule has 0 N–H and O–H groups in total. The average Bonchev–Trinajstić information content (AvgIpc) is 3.46. The van der Waals surface area contributed by atoms with Gasteiger partial charge in [0.15, 0.2) is 10.3 Å². The van der Waals surface area contributed by atoms with Crippen molar-refractivity contribution in [3.05, 3.63) is 54.6 Å². The minimum atomic E-state index is 0. The van der Waals surface area contributed by atoms with Crippen LogP contribution in [0.3, 0.4) is 0 Å². The Balaban J connectivity index is 0.00000560. The molecule has 0 bridgehead atoms. The zero-order chi connectivity index (χ0) is 27.4. The Morgan fingerprint density at radius 2 is 0.925 bits per heavy atom. The molecule has 40 heavy (non-hydrogen) atoms. The Morgan fingerprint density at radius 3 is 1.38 bits per heavy atom. The van der Waals surface area contributed by atoms with E-state index in [4.69, 9.17) is 9.47 Å². The first-order valence-corrected chi connectivity index (χ1v) is 17.8. The maximum Gasteiger partial charge on any atom is 0.301 e. The van der Waals surface area contributed by atoms with Crippen molar-refractivity contribution in [3.63, 3.8) is 0 Å². The molecule has 2 nitrogen and oxygen atoms in total. The van der Waals surface area contributed by atoms with Gasteiger partial charge in [0.05, 0.1) is 18.1 Å². The van der Waals surface area contributed by atoms with Gasteiger partial charge < -0.3 is 21.9 Å². The molecule has 0 unspecified atom stereocenters. The van der Waals surface area contributed by atoms with Gasteiger partial charge in [-0.3, -0.25) is 0 Å². The van der Waals surface area contributed by atoms with Crippen LogP contribution in [0.1, 0.15) is 117 Å². The van der Waals surface area contributed by atoms with Gasteiger partial charge in [0, 0.05) is 11.6 Å². The quantitative estimate of drug-likeness (QED) is 0.0647. The first kappa shape index (κ1) is 34.6. The Labute approximate surface area is 258 Å². The maximum absolute atomic E-state index is 5.99.